The number of likely N-dealkylation sites (tertiary alicyclic amines) is 1. The Morgan fingerprint density at radius 1 is 1.39 bits per heavy atom. The van der Waals surface area contributed by atoms with Gasteiger partial charge in [-0.1, -0.05) is 13.8 Å². The number of nitrogens with one attached hydrogen (secondary N) is 1. The smallest absolute Gasteiger partial charge is 0.193 e. The summed E-state index contributed by atoms with van der Waals surface area (Å²) in [6.45, 7) is 12.5. The van der Waals surface area contributed by atoms with Crippen molar-refractivity contribution in [3.63, 3.8) is 0 Å². The minimum absolute atomic E-state index is 0. The third-order valence-corrected chi connectivity index (χ3v) is 5.53. The SMILES string of the molecule is CN=C(NCC(C)Cn1nc(C)cc1C)N1CCC(C)C(n2ccnc2)C1.I. The highest BCUT2D eigenvalue weighted by Gasteiger charge is 2.29. The van der Waals surface area contributed by atoms with Gasteiger partial charge < -0.3 is 14.8 Å². The molecule has 0 saturated carbocycles. The molecule has 0 radical (unpaired) electrons. The molecule has 1 saturated heterocycles. The Bertz CT molecular complexity index is 753. The summed E-state index contributed by atoms with van der Waals surface area (Å²) in [4.78, 5) is 11.1. The van der Waals surface area contributed by atoms with Crippen molar-refractivity contribution in [3.8, 4) is 0 Å². The summed E-state index contributed by atoms with van der Waals surface area (Å²) in [5.41, 5.74) is 2.30. The molecule has 0 spiro atoms. The summed E-state index contributed by atoms with van der Waals surface area (Å²) in [6.07, 6.45) is 7.01. The number of hydrogen-bond acceptors (Lipinski definition) is 3. The minimum Gasteiger partial charge on any atom is -0.356 e. The molecule has 1 aliphatic rings. The number of halogens is 1. The zero-order chi connectivity index (χ0) is 19.4. The molecule has 156 valence electrons. The maximum atomic E-state index is 4.57. The fourth-order valence-electron chi connectivity index (χ4n) is 3.91. The fourth-order valence-corrected chi connectivity index (χ4v) is 3.91. The molecule has 3 unspecified atom stereocenters. The van der Waals surface area contributed by atoms with E-state index in [0.29, 0.717) is 17.9 Å². The number of guanidine groups is 1. The lowest BCUT2D eigenvalue weighted by Crippen LogP contribution is -2.49. The van der Waals surface area contributed by atoms with Crippen LogP contribution in [0.15, 0.2) is 29.8 Å². The van der Waals surface area contributed by atoms with Gasteiger partial charge in [0.05, 0.1) is 18.1 Å². The van der Waals surface area contributed by atoms with E-state index < -0.39 is 0 Å². The Hall–Kier alpha value is -1.58. The van der Waals surface area contributed by atoms with Gasteiger partial charge in [-0.3, -0.25) is 9.67 Å². The number of imidazole rings is 1. The van der Waals surface area contributed by atoms with E-state index in [9.17, 15) is 0 Å². The normalized spacial score (nSPS) is 21.3. The van der Waals surface area contributed by atoms with Crippen LogP contribution < -0.4 is 5.32 Å². The summed E-state index contributed by atoms with van der Waals surface area (Å²) >= 11 is 0. The number of aliphatic imine (C=N–C) groups is 1. The van der Waals surface area contributed by atoms with Crippen molar-refractivity contribution in [1.29, 1.82) is 0 Å². The van der Waals surface area contributed by atoms with Gasteiger partial charge in [-0.05, 0) is 38.2 Å². The molecule has 7 nitrogen and oxygen atoms in total. The van der Waals surface area contributed by atoms with Gasteiger partial charge in [0.25, 0.3) is 0 Å². The minimum atomic E-state index is 0. The van der Waals surface area contributed by atoms with Crippen molar-refractivity contribution in [2.24, 2.45) is 16.8 Å². The predicted molar refractivity (Wildman–Crippen MR) is 124 cm³/mol. The van der Waals surface area contributed by atoms with Crippen LogP contribution in [0.3, 0.4) is 0 Å². The van der Waals surface area contributed by atoms with Crippen LogP contribution in [0, 0.1) is 25.7 Å². The fraction of sp³-hybridized carbons (Fsp3) is 0.650. The molecule has 1 N–H and O–H groups in total. The van der Waals surface area contributed by atoms with Gasteiger partial charge in [-0.2, -0.15) is 5.10 Å². The molecule has 2 aromatic rings. The van der Waals surface area contributed by atoms with Crippen LogP contribution in [0.25, 0.3) is 0 Å². The number of piperidine rings is 1. The molecule has 0 amide bonds. The molecule has 0 aliphatic carbocycles. The summed E-state index contributed by atoms with van der Waals surface area (Å²) in [5, 5.41) is 8.15. The Kier molecular flexibility index (Phi) is 8.33. The Morgan fingerprint density at radius 2 is 2.18 bits per heavy atom. The van der Waals surface area contributed by atoms with Crippen molar-refractivity contribution in [3.05, 3.63) is 36.2 Å². The molecular weight excluding hydrogens is 465 g/mol. The second kappa shape index (κ2) is 10.3. The highest BCUT2D eigenvalue weighted by atomic mass is 127. The van der Waals surface area contributed by atoms with Crippen molar-refractivity contribution in [2.75, 3.05) is 26.7 Å². The zero-order valence-corrected chi connectivity index (χ0v) is 20.0. The van der Waals surface area contributed by atoms with Crippen LogP contribution in [0.1, 0.15) is 37.7 Å². The van der Waals surface area contributed by atoms with Gasteiger partial charge in [0.15, 0.2) is 5.96 Å². The lowest BCUT2D eigenvalue weighted by atomic mass is 9.93. The summed E-state index contributed by atoms with van der Waals surface area (Å²) in [6, 6.07) is 2.57. The number of rotatable bonds is 5. The number of aryl methyl sites for hydroxylation is 2. The number of hydrogen-bond donors (Lipinski definition) is 1. The van der Waals surface area contributed by atoms with Crippen LogP contribution in [0.5, 0.6) is 0 Å². The first kappa shape index (κ1) is 22.7. The number of nitrogens with zero attached hydrogens (tertiary/aromatic N) is 6. The lowest BCUT2D eigenvalue weighted by Gasteiger charge is -2.39. The molecular formula is C20H34IN7. The van der Waals surface area contributed by atoms with Crippen LogP contribution in [0.4, 0.5) is 0 Å². The van der Waals surface area contributed by atoms with Crippen molar-refractivity contribution >= 4 is 29.9 Å². The first-order valence-electron chi connectivity index (χ1n) is 9.92. The van der Waals surface area contributed by atoms with Gasteiger partial charge in [0.1, 0.15) is 0 Å². The van der Waals surface area contributed by atoms with Crippen molar-refractivity contribution < 1.29 is 0 Å². The first-order chi connectivity index (χ1) is 13.0. The van der Waals surface area contributed by atoms with E-state index in [1.807, 2.05) is 26.5 Å². The Balaban J connectivity index is 0.00000280. The van der Waals surface area contributed by atoms with E-state index in [1.54, 1.807) is 0 Å². The quantitative estimate of drug-likeness (QED) is 0.390. The van der Waals surface area contributed by atoms with Crippen molar-refractivity contribution in [2.45, 2.75) is 46.7 Å². The van der Waals surface area contributed by atoms with E-state index in [0.717, 1.165) is 44.3 Å². The largest absolute Gasteiger partial charge is 0.356 e. The maximum Gasteiger partial charge on any atom is 0.193 e. The highest BCUT2D eigenvalue weighted by Crippen LogP contribution is 2.27. The molecule has 3 rings (SSSR count). The van der Waals surface area contributed by atoms with Crippen LogP contribution >= 0.6 is 24.0 Å². The predicted octanol–water partition coefficient (Wildman–Crippen LogP) is 3.11. The summed E-state index contributed by atoms with van der Waals surface area (Å²) in [5.74, 6) is 2.10. The Labute approximate surface area is 185 Å². The Morgan fingerprint density at radius 3 is 2.79 bits per heavy atom. The molecule has 2 aromatic heterocycles. The second-order valence-corrected chi connectivity index (χ2v) is 7.93. The molecule has 0 bridgehead atoms. The van der Waals surface area contributed by atoms with Gasteiger partial charge in [0, 0.05) is 51.3 Å². The monoisotopic (exact) mass is 499 g/mol. The van der Waals surface area contributed by atoms with E-state index >= 15 is 0 Å². The molecule has 8 heteroatoms. The average molecular weight is 499 g/mol. The van der Waals surface area contributed by atoms with Crippen LogP contribution in [0.2, 0.25) is 0 Å². The highest BCUT2D eigenvalue weighted by molar-refractivity contribution is 14.0. The summed E-state index contributed by atoms with van der Waals surface area (Å²) in [7, 11) is 1.87. The van der Waals surface area contributed by atoms with E-state index in [1.165, 1.54) is 5.69 Å². The van der Waals surface area contributed by atoms with Crippen LogP contribution in [-0.4, -0.2) is 56.9 Å². The first-order valence-corrected chi connectivity index (χ1v) is 9.92. The van der Waals surface area contributed by atoms with E-state index in [4.69, 9.17) is 0 Å². The van der Waals surface area contributed by atoms with Crippen molar-refractivity contribution in [1.82, 2.24) is 29.5 Å². The molecule has 1 fully saturated rings. The van der Waals surface area contributed by atoms with Crippen LogP contribution in [-0.2, 0) is 6.54 Å². The van der Waals surface area contributed by atoms with E-state index in [-0.39, 0.29) is 24.0 Å². The molecule has 28 heavy (non-hydrogen) atoms. The van der Waals surface area contributed by atoms with Gasteiger partial charge in [-0.25, -0.2) is 4.98 Å². The van der Waals surface area contributed by atoms with Gasteiger partial charge in [0.2, 0.25) is 0 Å². The van der Waals surface area contributed by atoms with E-state index in [2.05, 4.69) is 67.6 Å². The second-order valence-electron chi connectivity index (χ2n) is 7.93. The van der Waals surface area contributed by atoms with Gasteiger partial charge >= 0.3 is 0 Å². The lowest BCUT2D eigenvalue weighted by molar-refractivity contribution is 0.188. The molecule has 3 atom stereocenters. The molecule has 3 heterocycles. The topological polar surface area (TPSA) is 63.3 Å². The molecule has 0 aromatic carbocycles. The number of aromatic nitrogens is 4. The summed E-state index contributed by atoms with van der Waals surface area (Å²) < 4.78 is 4.33. The maximum absolute atomic E-state index is 4.57. The average Bonchev–Trinajstić information content (AvgIpc) is 3.27. The van der Waals surface area contributed by atoms with Gasteiger partial charge in [-0.15, -0.1) is 24.0 Å². The third kappa shape index (κ3) is 5.48. The molecule has 1 aliphatic heterocycles. The third-order valence-electron chi connectivity index (χ3n) is 5.53. The zero-order valence-electron chi connectivity index (χ0n) is 17.7. The standard InChI is InChI=1S/C20H33N7.HI/c1-15(12-27-18(4)10-17(3)24-27)11-23-20(21-5)25-8-6-16(2)19(13-25)26-9-7-22-14-26;/h7,9-10,14-16,19H,6,8,11-13H2,1-5H3,(H,21,23);1H.